The van der Waals surface area contributed by atoms with Gasteiger partial charge in [0, 0.05) is 54.6 Å². The number of thiophene rings is 1. The monoisotopic (exact) mass is 293 g/mol. The van der Waals surface area contributed by atoms with Crippen LogP contribution in [0.5, 0.6) is 0 Å². The van der Waals surface area contributed by atoms with E-state index in [1.165, 1.54) is 55.3 Å². The van der Waals surface area contributed by atoms with Gasteiger partial charge >= 0.3 is 0 Å². The Morgan fingerprint density at radius 1 is 1.15 bits per heavy atom. The van der Waals surface area contributed by atoms with E-state index < -0.39 is 0 Å². The molecule has 2 atom stereocenters. The minimum Gasteiger partial charge on any atom is -0.308 e. The summed E-state index contributed by atoms with van der Waals surface area (Å²) in [5.41, 5.74) is 0. The maximum atomic E-state index is 2.73. The average Bonchev–Trinajstić information content (AvgIpc) is 3.06. The highest BCUT2D eigenvalue weighted by molar-refractivity contribution is 7.11. The van der Waals surface area contributed by atoms with Crippen LogP contribution in [0.1, 0.15) is 22.6 Å². The minimum atomic E-state index is 0.805. The Kier molecular flexibility index (Phi) is 4.46. The van der Waals surface area contributed by atoms with Crippen LogP contribution in [0.2, 0.25) is 0 Å². The molecule has 0 radical (unpaired) electrons. The molecule has 3 rings (SSSR count). The summed E-state index contributed by atoms with van der Waals surface area (Å²) in [7, 11) is 4.35. The standard InChI is InChI=1S/C16H27N3S/c1-13-4-5-14(20-13)12-19-9-7-15-16(19)6-8-18(15)11-10-17(2)3/h4-5,15-16H,6-12H2,1-3H3/t15-,16-/m1/s1. The van der Waals surface area contributed by atoms with Gasteiger partial charge in [-0.15, -0.1) is 11.3 Å². The van der Waals surface area contributed by atoms with Crippen molar-refractivity contribution >= 4 is 11.3 Å². The van der Waals surface area contributed by atoms with Gasteiger partial charge in [-0.25, -0.2) is 0 Å². The maximum absolute atomic E-state index is 2.73. The zero-order chi connectivity index (χ0) is 14.1. The summed E-state index contributed by atoms with van der Waals surface area (Å²) < 4.78 is 0. The number of fused-ring (bicyclic) bond motifs is 1. The van der Waals surface area contributed by atoms with Crippen molar-refractivity contribution in [3.8, 4) is 0 Å². The molecule has 4 heteroatoms. The summed E-state index contributed by atoms with van der Waals surface area (Å²) >= 11 is 1.96. The molecule has 1 aromatic rings. The van der Waals surface area contributed by atoms with E-state index in [1.54, 1.807) is 0 Å². The van der Waals surface area contributed by atoms with E-state index in [4.69, 9.17) is 0 Å². The second kappa shape index (κ2) is 6.14. The number of likely N-dealkylation sites (N-methyl/N-ethyl adjacent to an activating group) is 1. The molecular weight excluding hydrogens is 266 g/mol. The van der Waals surface area contributed by atoms with Crippen molar-refractivity contribution in [2.45, 2.75) is 38.4 Å². The molecule has 0 spiro atoms. The summed E-state index contributed by atoms with van der Waals surface area (Å²) in [6, 6.07) is 6.19. The number of hydrogen-bond acceptors (Lipinski definition) is 4. The molecule has 2 fully saturated rings. The lowest BCUT2D eigenvalue weighted by molar-refractivity contribution is 0.205. The lowest BCUT2D eigenvalue weighted by Gasteiger charge is -2.26. The lowest BCUT2D eigenvalue weighted by Crippen LogP contribution is -2.39. The van der Waals surface area contributed by atoms with E-state index in [0.29, 0.717) is 0 Å². The van der Waals surface area contributed by atoms with Crippen LogP contribution in [-0.2, 0) is 6.54 Å². The van der Waals surface area contributed by atoms with Gasteiger partial charge in [-0.1, -0.05) is 0 Å². The lowest BCUT2D eigenvalue weighted by atomic mass is 10.1. The molecule has 2 saturated heterocycles. The Morgan fingerprint density at radius 2 is 1.85 bits per heavy atom. The van der Waals surface area contributed by atoms with Crippen LogP contribution in [0, 0.1) is 6.92 Å². The summed E-state index contributed by atoms with van der Waals surface area (Å²) in [5.74, 6) is 0. The summed E-state index contributed by atoms with van der Waals surface area (Å²) in [4.78, 5) is 10.7. The number of aryl methyl sites for hydroxylation is 1. The molecule has 3 heterocycles. The first kappa shape index (κ1) is 14.5. The van der Waals surface area contributed by atoms with Crippen LogP contribution in [0.15, 0.2) is 12.1 Å². The minimum absolute atomic E-state index is 0.805. The largest absolute Gasteiger partial charge is 0.308 e. The SMILES string of the molecule is Cc1ccc(CN2CC[C@@H]3[C@H]2CCN3CCN(C)C)s1. The summed E-state index contributed by atoms with van der Waals surface area (Å²) in [6.45, 7) is 8.38. The van der Waals surface area contributed by atoms with E-state index in [9.17, 15) is 0 Å². The molecule has 2 aliphatic rings. The topological polar surface area (TPSA) is 9.72 Å². The van der Waals surface area contributed by atoms with Crippen molar-refractivity contribution in [3.05, 3.63) is 21.9 Å². The van der Waals surface area contributed by atoms with E-state index in [1.807, 2.05) is 11.3 Å². The molecule has 2 aliphatic heterocycles. The van der Waals surface area contributed by atoms with Crippen molar-refractivity contribution in [3.63, 3.8) is 0 Å². The number of hydrogen-bond donors (Lipinski definition) is 0. The zero-order valence-corrected chi connectivity index (χ0v) is 13.8. The molecule has 0 aliphatic carbocycles. The average molecular weight is 293 g/mol. The van der Waals surface area contributed by atoms with E-state index in [2.05, 4.69) is 47.9 Å². The highest BCUT2D eigenvalue weighted by atomic mass is 32.1. The maximum Gasteiger partial charge on any atom is 0.0331 e. The van der Waals surface area contributed by atoms with Crippen LogP contribution in [0.3, 0.4) is 0 Å². The first-order chi connectivity index (χ1) is 9.63. The number of rotatable bonds is 5. The van der Waals surface area contributed by atoms with Gasteiger partial charge in [0.25, 0.3) is 0 Å². The van der Waals surface area contributed by atoms with Crippen molar-refractivity contribution < 1.29 is 0 Å². The van der Waals surface area contributed by atoms with Gasteiger partial charge in [-0.05, 0) is 46.0 Å². The molecule has 0 aromatic carbocycles. The Morgan fingerprint density at radius 3 is 2.50 bits per heavy atom. The van der Waals surface area contributed by atoms with Crippen LogP contribution in [-0.4, -0.2) is 67.1 Å². The number of nitrogens with zero attached hydrogens (tertiary/aromatic N) is 3. The second-order valence-corrected chi connectivity index (χ2v) is 7.91. The third-order valence-corrected chi connectivity index (χ3v) is 5.78. The fourth-order valence-electron chi connectivity index (χ4n) is 3.74. The fourth-order valence-corrected chi connectivity index (χ4v) is 4.65. The molecule has 1 aromatic heterocycles. The van der Waals surface area contributed by atoms with Gasteiger partial charge in [0.15, 0.2) is 0 Å². The molecular formula is C16H27N3S. The van der Waals surface area contributed by atoms with E-state index in [-0.39, 0.29) is 0 Å². The predicted molar refractivity (Wildman–Crippen MR) is 86.4 cm³/mol. The predicted octanol–water partition coefficient (Wildman–Crippen LogP) is 2.27. The summed E-state index contributed by atoms with van der Waals surface area (Å²) in [5, 5.41) is 0. The van der Waals surface area contributed by atoms with Gasteiger partial charge in [-0.2, -0.15) is 0 Å². The van der Waals surface area contributed by atoms with Crippen LogP contribution >= 0.6 is 11.3 Å². The smallest absolute Gasteiger partial charge is 0.0331 e. The van der Waals surface area contributed by atoms with Crippen molar-refractivity contribution in [1.29, 1.82) is 0 Å². The molecule has 0 saturated carbocycles. The van der Waals surface area contributed by atoms with Crippen molar-refractivity contribution in [2.24, 2.45) is 0 Å². The van der Waals surface area contributed by atoms with Crippen LogP contribution < -0.4 is 0 Å². The first-order valence-corrected chi connectivity index (χ1v) is 8.63. The molecule has 0 N–H and O–H groups in total. The second-order valence-electron chi connectivity index (χ2n) is 6.53. The zero-order valence-electron chi connectivity index (χ0n) is 13.0. The highest BCUT2D eigenvalue weighted by Gasteiger charge is 2.41. The van der Waals surface area contributed by atoms with Gasteiger partial charge in [-0.3, -0.25) is 9.80 Å². The normalized spacial score (nSPS) is 27.6. The Hall–Kier alpha value is -0.420. The molecule has 0 unspecified atom stereocenters. The molecule has 0 bridgehead atoms. The Labute approximate surface area is 127 Å². The number of likely N-dealkylation sites (tertiary alicyclic amines) is 2. The van der Waals surface area contributed by atoms with E-state index in [0.717, 1.165) is 12.1 Å². The Balaban J connectivity index is 1.56. The third-order valence-electron chi connectivity index (χ3n) is 4.80. The van der Waals surface area contributed by atoms with Gasteiger partial charge in [0.2, 0.25) is 0 Å². The van der Waals surface area contributed by atoms with E-state index >= 15 is 0 Å². The quantitative estimate of drug-likeness (QED) is 0.824. The molecule has 112 valence electrons. The summed E-state index contributed by atoms with van der Waals surface area (Å²) in [6.07, 6.45) is 2.73. The van der Waals surface area contributed by atoms with Gasteiger partial charge in [0.05, 0.1) is 0 Å². The molecule has 3 nitrogen and oxygen atoms in total. The molecule has 0 amide bonds. The van der Waals surface area contributed by atoms with Gasteiger partial charge < -0.3 is 4.90 Å². The Bertz CT molecular complexity index is 443. The molecule has 20 heavy (non-hydrogen) atoms. The highest BCUT2D eigenvalue weighted by Crippen LogP contribution is 2.33. The van der Waals surface area contributed by atoms with Gasteiger partial charge in [0.1, 0.15) is 0 Å². The van der Waals surface area contributed by atoms with Crippen LogP contribution in [0.4, 0.5) is 0 Å². The van der Waals surface area contributed by atoms with Crippen molar-refractivity contribution in [1.82, 2.24) is 14.7 Å². The van der Waals surface area contributed by atoms with Crippen LogP contribution in [0.25, 0.3) is 0 Å². The first-order valence-electron chi connectivity index (χ1n) is 7.81. The fraction of sp³-hybridized carbons (Fsp3) is 0.750. The third kappa shape index (κ3) is 3.08. The van der Waals surface area contributed by atoms with Crippen molar-refractivity contribution in [2.75, 3.05) is 40.3 Å².